The van der Waals surface area contributed by atoms with E-state index in [4.69, 9.17) is 9.15 Å². The molecule has 0 aliphatic heterocycles. The number of esters is 1. The van der Waals surface area contributed by atoms with Crippen LogP contribution in [0.2, 0.25) is 0 Å². The van der Waals surface area contributed by atoms with E-state index >= 15 is 0 Å². The highest BCUT2D eigenvalue weighted by molar-refractivity contribution is 9.09. The number of alkyl halides is 1. The topological polar surface area (TPSA) is 56.5 Å². The number of fused-ring (bicyclic) bond motifs is 1. The van der Waals surface area contributed by atoms with Crippen molar-refractivity contribution >= 4 is 38.7 Å². The first-order valence-electron chi connectivity index (χ1n) is 10.4. The van der Waals surface area contributed by atoms with Crippen molar-refractivity contribution in [2.75, 3.05) is 12.4 Å². The molecule has 0 spiro atoms. The summed E-state index contributed by atoms with van der Waals surface area (Å²) in [6.45, 7) is 2.10. The number of halogens is 1. The Kier molecular flexibility index (Phi) is 7.86. The van der Waals surface area contributed by atoms with E-state index in [2.05, 4.69) is 22.9 Å². The maximum absolute atomic E-state index is 13.4. The summed E-state index contributed by atoms with van der Waals surface area (Å²) in [5.41, 5.74) is 3.43. The molecular weight excluding hydrogens is 444 g/mol. The van der Waals surface area contributed by atoms with E-state index in [1.165, 1.54) is 12.7 Å². The number of unbranched alkanes of at least 4 members (excludes halogenated alkanes) is 2. The number of ketones is 1. The SMILES string of the molecule is CCCCc1oc2ccc(C(=O)OC)cc2c1C(=O)c1ccc(CCCCBr)cc1. The van der Waals surface area contributed by atoms with Crippen LogP contribution >= 0.6 is 15.9 Å². The predicted octanol–water partition coefficient (Wildman–Crippen LogP) is 6.51. The molecule has 0 unspecified atom stereocenters. The van der Waals surface area contributed by atoms with Crippen molar-refractivity contribution in [3.8, 4) is 0 Å². The van der Waals surface area contributed by atoms with Gasteiger partial charge in [0, 0.05) is 22.7 Å². The highest BCUT2D eigenvalue weighted by Gasteiger charge is 2.23. The number of hydrogen-bond acceptors (Lipinski definition) is 4. The summed E-state index contributed by atoms with van der Waals surface area (Å²) in [7, 11) is 1.35. The monoisotopic (exact) mass is 470 g/mol. The predicted molar refractivity (Wildman–Crippen MR) is 123 cm³/mol. The first kappa shape index (κ1) is 22.3. The third-order valence-corrected chi connectivity index (χ3v) is 5.79. The average Bonchev–Trinajstić information content (AvgIpc) is 3.14. The second kappa shape index (κ2) is 10.6. The van der Waals surface area contributed by atoms with Crippen LogP contribution in [0.5, 0.6) is 0 Å². The van der Waals surface area contributed by atoms with Crippen LogP contribution in [0.15, 0.2) is 46.9 Å². The number of methoxy groups -OCH3 is 1. The van der Waals surface area contributed by atoms with Crippen molar-refractivity contribution in [2.24, 2.45) is 0 Å². The standard InChI is InChI=1S/C25H27BrO4/c1-3-4-8-22-23(20-16-19(25(28)29-2)13-14-21(20)30-22)24(27)18-11-9-17(10-12-18)7-5-6-15-26/h9-14,16H,3-8,15H2,1-2H3. The van der Waals surface area contributed by atoms with Crippen LogP contribution in [0.25, 0.3) is 11.0 Å². The molecule has 1 heterocycles. The molecule has 2 aromatic carbocycles. The lowest BCUT2D eigenvalue weighted by Gasteiger charge is -2.06. The lowest BCUT2D eigenvalue weighted by molar-refractivity contribution is 0.0600. The summed E-state index contributed by atoms with van der Waals surface area (Å²) >= 11 is 3.46. The number of carbonyl (C=O) groups is 2. The normalized spacial score (nSPS) is 11.0. The van der Waals surface area contributed by atoms with Crippen molar-refractivity contribution < 1.29 is 18.7 Å². The fraction of sp³-hybridized carbons (Fsp3) is 0.360. The van der Waals surface area contributed by atoms with Gasteiger partial charge in [0.25, 0.3) is 0 Å². The van der Waals surface area contributed by atoms with Gasteiger partial charge >= 0.3 is 5.97 Å². The van der Waals surface area contributed by atoms with Gasteiger partial charge in [-0.3, -0.25) is 4.79 Å². The molecule has 0 bridgehead atoms. The molecule has 3 rings (SSSR count). The average molecular weight is 471 g/mol. The van der Waals surface area contributed by atoms with Crippen LogP contribution in [0.1, 0.15) is 70.2 Å². The lowest BCUT2D eigenvalue weighted by Crippen LogP contribution is -2.05. The third-order valence-electron chi connectivity index (χ3n) is 5.23. The van der Waals surface area contributed by atoms with Gasteiger partial charge in [-0.1, -0.05) is 53.5 Å². The number of rotatable bonds is 10. The molecule has 0 aliphatic rings. The quantitative estimate of drug-likeness (QED) is 0.146. The molecule has 30 heavy (non-hydrogen) atoms. The molecule has 0 aliphatic carbocycles. The van der Waals surface area contributed by atoms with Crippen molar-refractivity contribution in [3.63, 3.8) is 0 Å². The number of benzene rings is 2. The van der Waals surface area contributed by atoms with Crippen LogP contribution in [0.4, 0.5) is 0 Å². The highest BCUT2D eigenvalue weighted by atomic mass is 79.9. The van der Waals surface area contributed by atoms with Crippen molar-refractivity contribution in [2.45, 2.75) is 45.4 Å². The van der Waals surface area contributed by atoms with Crippen LogP contribution in [-0.2, 0) is 17.6 Å². The van der Waals surface area contributed by atoms with Gasteiger partial charge in [0.05, 0.1) is 18.2 Å². The van der Waals surface area contributed by atoms with Crippen molar-refractivity contribution in [1.82, 2.24) is 0 Å². The van der Waals surface area contributed by atoms with E-state index < -0.39 is 5.97 Å². The molecule has 158 valence electrons. The molecule has 0 fully saturated rings. The summed E-state index contributed by atoms with van der Waals surface area (Å²) in [5, 5.41) is 1.67. The lowest BCUT2D eigenvalue weighted by atomic mass is 9.96. The number of furan rings is 1. The van der Waals surface area contributed by atoms with Gasteiger partial charge in [0.2, 0.25) is 0 Å². The maximum atomic E-state index is 13.4. The molecular formula is C25H27BrO4. The van der Waals surface area contributed by atoms with E-state index in [0.717, 1.165) is 37.4 Å². The second-order valence-electron chi connectivity index (χ2n) is 7.38. The van der Waals surface area contributed by atoms with Gasteiger partial charge in [-0.05, 0) is 49.4 Å². The summed E-state index contributed by atoms with van der Waals surface area (Å²) in [5.74, 6) is 0.175. The summed E-state index contributed by atoms with van der Waals surface area (Å²) < 4.78 is 10.9. The molecule has 0 saturated heterocycles. The number of aryl methyl sites for hydroxylation is 2. The minimum Gasteiger partial charge on any atom is -0.465 e. The smallest absolute Gasteiger partial charge is 0.337 e. The Morgan fingerprint density at radius 3 is 2.37 bits per heavy atom. The molecule has 1 aromatic heterocycles. The van der Waals surface area contributed by atoms with Crippen LogP contribution < -0.4 is 0 Å². The van der Waals surface area contributed by atoms with Gasteiger partial charge in [-0.25, -0.2) is 4.79 Å². The van der Waals surface area contributed by atoms with Crippen molar-refractivity contribution in [1.29, 1.82) is 0 Å². The van der Waals surface area contributed by atoms with E-state index in [1.807, 2.05) is 24.3 Å². The highest BCUT2D eigenvalue weighted by Crippen LogP contribution is 2.30. The van der Waals surface area contributed by atoms with Gasteiger partial charge in [-0.2, -0.15) is 0 Å². The summed E-state index contributed by atoms with van der Waals surface area (Å²) in [6, 6.07) is 12.9. The molecule has 0 radical (unpaired) electrons. The van der Waals surface area contributed by atoms with Gasteiger partial charge in [-0.15, -0.1) is 0 Å². The fourth-order valence-electron chi connectivity index (χ4n) is 3.55. The van der Waals surface area contributed by atoms with E-state index in [9.17, 15) is 9.59 Å². The minimum absolute atomic E-state index is 0.0751. The Labute approximate surface area is 185 Å². The Bertz CT molecular complexity index is 1020. The molecule has 4 nitrogen and oxygen atoms in total. The van der Waals surface area contributed by atoms with Gasteiger partial charge < -0.3 is 9.15 Å². The van der Waals surface area contributed by atoms with Gasteiger partial charge in [0.1, 0.15) is 11.3 Å². The minimum atomic E-state index is -0.431. The zero-order chi connectivity index (χ0) is 21.5. The van der Waals surface area contributed by atoms with Crippen molar-refractivity contribution in [3.05, 3.63) is 70.5 Å². The Hall–Kier alpha value is -2.40. The molecule has 3 aromatic rings. The molecule has 0 atom stereocenters. The Morgan fingerprint density at radius 1 is 0.967 bits per heavy atom. The van der Waals surface area contributed by atoms with E-state index in [0.29, 0.717) is 39.8 Å². The van der Waals surface area contributed by atoms with Crippen LogP contribution in [0.3, 0.4) is 0 Å². The molecule has 0 N–H and O–H groups in total. The first-order chi connectivity index (χ1) is 14.6. The number of ether oxygens (including phenoxy) is 1. The number of carbonyl (C=O) groups excluding carboxylic acids is 2. The zero-order valence-electron chi connectivity index (χ0n) is 17.5. The fourth-order valence-corrected chi connectivity index (χ4v) is 3.94. The molecule has 5 heteroatoms. The Morgan fingerprint density at radius 2 is 1.70 bits per heavy atom. The molecule has 0 saturated carbocycles. The van der Waals surface area contributed by atoms with Gasteiger partial charge in [0.15, 0.2) is 5.78 Å². The maximum Gasteiger partial charge on any atom is 0.337 e. The van der Waals surface area contributed by atoms with E-state index in [1.54, 1.807) is 18.2 Å². The summed E-state index contributed by atoms with van der Waals surface area (Å²) in [4.78, 5) is 25.4. The number of hydrogen-bond donors (Lipinski definition) is 0. The largest absolute Gasteiger partial charge is 0.465 e. The Balaban J connectivity index is 1.98. The van der Waals surface area contributed by atoms with Crippen LogP contribution in [-0.4, -0.2) is 24.2 Å². The second-order valence-corrected chi connectivity index (χ2v) is 8.17. The summed E-state index contributed by atoms with van der Waals surface area (Å²) in [6.07, 6.45) is 5.86. The first-order valence-corrected chi connectivity index (χ1v) is 11.5. The van der Waals surface area contributed by atoms with Crippen LogP contribution in [0, 0.1) is 0 Å². The zero-order valence-corrected chi connectivity index (χ0v) is 19.1. The van der Waals surface area contributed by atoms with E-state index in [-0.39, 0.29) is 5.78 Å². The molecule has 0 amide bonds. The third kappa shape index (κ3) is 5.01.